The number of nitrogens with zero attached hydrogens (tertiary/aromatic N) is 2. The van der Waals surface area contributed by atoms with Gasteiger partial charge in [-0.15, -0.1) is 0 Å². The van der Waals surface area contributed by atoms with Crippen molar-refractivity contribution in [2.45, 2.75) is 24.9 Å². The molecule has 3 rings (SSSR count). The Morgan fingerprint density at radius 1 is 1.64 bits per heavy atom. The Morgan fingerprint density at radius 3 is 3.04 bits per heavy atom. The molecular weight excluding hydrogens is 332 g/mol. The van der Waals surface area contributed by atoms with E-state index in [-0.39, 0.29) is 30.0 Å². The van der Waals surface area contributed by atoms with Gasteiger partial charge in [-0.3, -0.25) is 9.78 Å². The van der Waals surface area contributed by atoms with Gasteiger partial charge in [0.2, 0.25) is 5.95 Å². The minimum atomic E-state index is -0.846. The van der Waals surface area contributed by atoms with Crippen LogP contribution in [0.4, 0.5) is 5.95 Å². The summed E-state index contributed by atoms with van der Waals surface area (Å²) >= 11 is 0. The van der Waals surface area contributed by atoms with Gasteiger partial charge >= 0.3 is 5.97 Å². The van der Waals surface area contributed by atoms with Crippen LogP contribution in [0.25, 0.3) is 17.1 Å². The predicted octanol–water partition coefficient (Wildman–Crippen LogP) is -0.866. The first-order valence-corrected chi connectivity index (χ1v) is 7.55. The summed E-state index contributed by atoms with van der Waals surface area (Å²) in [6.45, 7) is -0.331. The van der Waals surface area contributed by atoms with Gasteiger partial charge in [-0.05, 0) is 6.08 Å². The van der Waals surface area contributed by atoms with E-state index in [9.17, 15) is 19.8 Å². The SMILES string of the molecule is COC(=O)/C=C/c1cn([C@H]2C[C@H](O)[C@@H](CO)O2)c2nc(N)[nH]c(=O)c12. The average Bonchev–Trinajstić information content (AvgIpc) is 3.12. The molecule has 5 N–H and O–H groups in total. The van der Waals surface area contributed by atoms with Gasteiger partial charge in [-0.25, -0.2) is 4.79 Å². The number of nitrogens with one attached hydrogen (secondary N) is 1. The standard InChI is InChI=1S/C15H18N4O6/c1-24-11(22)3-2-7-5-19(10-4-8(21)9(6-20)25-10)13-12(7)14(23)18-15(16)17-13/h2-3,5,8-10,20-21H,4,6H2,1H3,(H3,16,17,18,23)/b3-2+/t8-,9+,10+/m0/s1. The highest BCUT2D eigenvalue weighted by molar-refractivity contribution is 5.93. The highest BCUT2D eigenvalue weighted by atomic mass is 16.5. The van der Waals surface area contributed by atoms with Crippen LogP contribution in [0.2, 0.25) is 0 Å². The summed E-state index contributed by atoms with van der Waals surface area (Å²) in [4.78, 5) is 30.1. The molecule has 0 aromatic carbocycles. The van der Waals surface area contributed by atoms with Crippen molar-refractivity contribution < 1.29 is 24.5 Å². The summed E-state index contributed by atoms with van der Waals surface area (Å²) in [6, 6.07) is 0. The number of methoxy groups -OCH3 is 1. The number of aliphatic hydroxyl groups excluding tert-OH is 2. The fourth-order valence-corrected chi connectivity index (χ4v) is 2.82. The van der Waals surface area contributed by atoms with Crippen LogP contribution in [0.5, 0.6) is 0 Å². The first-order valence-electron chi connectivity index (χ1n) is 7.55. The first-order chi connectivity index (χ1) is 11.9. The van der Waals surface area contributed by atoms with Crippen molar-refractivity contribution in [2.24, 2.45) is 0 Å². The zero-order chi connectivity index (χ0) is 18.1. The number of hydrogen-bond donors (Lipinski definition) is 4. The molecule has 0 spiro atoms. The first kappa shape index (κ1) is 17.1. The zero-order valence-electron chi connectivity index (χ0n) is 13.4. The lowest BCUT2D eigenvalue weighted by molar-refractivity contribution is -0.134. The van der Waals surface area contributed by atoms with Crippen LogP contribution >= 0.6 is 0 Å². The van der Waals surface area contributed by atoms with Crippen molar-refractivity contribution in [1.82, 2.24) is 14.5 Å². The minimum Gasteiger partial charge on any atom is -0.466 e. The number of ether oxygens (including phenoxy) is 2. The quantitative estimate of drug-likeness (QED) is 0.410. The maximum Gasteiger partial charge on any atom is 0.330 e. The number of fused-ring (bicyclic) bond motifs is 1. The number of aromatic nitrogens is 3. The Morgan fingerprint density at radius 2 is 2.40 bits per heavy atom. The number of anilines is 1. The average molecular weight is 350 g/mol. The highest BCUT2D eigenvalue weighted by Crippen LogP contribution is 2.32. The van der Waals surface area contributed by atoms with Crippen LogP contribution in [0.1, 0.15) is 18.2 Å². The normalized spacial score (nSPS) is 23.6. The molecule has 1 fully saturated rings. The second-order valence-electron chi connectivity index (χ2n) is 5.61. The van der Waals surface area contributed by atoms with E-state index in [1.165, 1.54) is 19.3 Å². The highest BCUT2D eigenvalue weighted by Gasteiger charge is 2.35. The molecule has 0 unspecified atom stereocenters. The molecule has 1 saturated heterocycles. The van der Waals surface area contributed by atoms with Crippen molar-refractivity contribution in [3.05, 3.63) is 28.2 Å². The number of hydrogen-bond acceptors (Lipinski definition) is 8. The molecule has 3 heterocycles. The number of esters is 1. The molecular formula is C15H18N4O6. The topological polar surface area (TPSA) is 153 Å². The molecule has 10 nitrogen and oxygen atoms in total. The summed E-state index contributed by atoms with van der Waals surface area (Å²) in [5.41, 5.74) is 5.82. The van der Waals surface area contributed by atoms with Gasteiger partial charge in [0.15, 0.2) is 5.65 Å². The van der Waals surface area contributed by atoms with Gasteiger partial charge < -0.3 is 30.0 Å². The molecule has 25 heavy (non-hydrogen) atoms. The smallest absolute Gasteiger partial charge is 0.330 e. The van der Waals surface area contributed by atoms with E-state index >= 15 is 0 Å². The molecule has 2 aromatic heterocycles. The third-order valence-electron chi connectivity index (χ3n) is 4.02. The van der Waals surface area contributed by atoms with Crippen LogP contribution in [0, 0.1) is 0 Å². The Labute approximate surface area is 141 Å². The molecule has 0 bridgehead atoms. The van der Waals surface area contributed by atoms with E-state index in [1.807, 2.05) is 0 Å². The van der Waals surface area contributed by atoms with Crippen molar-refractivity contribution in [3.63, 3.8) is 0 Å². The van der Waals surface area contributed by atoms with Crippen molar-refractivity contribution in [1.29, 1.82) is 0 Å². The van der Waals surface area contributed by atoms with Gasteiger partial charge in [0.05, 0.1) is 25.2 Å². The molecule has 1 aliphatic heterocycles. The van der Waals surface area contributed by atoms with Crippen LogP contribution in [-0.2, 0) is 14.3 Å². The Hall–Kier alpha value is -2.69. The molecule has 134 valence electrons. The summed E-state index contributed by atoms with van der Waals surface area (Å²) in [5, 5.41) is 19.4. The van der Waals surface area contributed by atoms with Crippen LogP contribution in [0.3, 0.4) is 0 Å². The molecule has 0 amide bonds. The molecule has 2 aromatic rings. The summed E-state index contributed by atoms with van der Waals surface area (Å²) in [5.74, 6) is -0.647. The number of nitrogen functional groups attached to an aromatic ring is 1. The number of H-pyrrole nitrogens is 1. The molecule has 10 heteroatoms. The van der Waals surface area contributed by atoms with Crippen LogP contribution < -0.4 is 11.3 Å². The van der Waals surface area contributed by atoms with Crippen LogP contribution in [0.15, 0.2) is 17.1 Å². The van der Waals surface area contributed by atoms with Crippen molar-refractivity contribution in [2.75, 3.05) is 19.5 Å². The van der Waals surface area contributed by atoms with Gasteiger partial charge in [0.25, 0.3) is 5.56 Å². The van der Waals surface area contributed by atoms with E-state index in [0.29, 0.717) is 5.56 Å². The Kier molecular flexibility index (Phi) is 4.57. The van der Waals surface area contributed by atoms with Crippen molar-refractivity contribution in [3.8, 4) is 0 Å². The van der Waals surface area contributed by atoms with Crippen LogP contribution in [-0.4, -0.2) is 56.6 Å². The van der Waals surface area contributed by atoms with Gasteiger partial charge in [-0.2, -0.15) is 4.98 Å². The number of aromatic amines is 1. The maximum absolute atomic E-state index is 12.3. The number of rotatable bonds is 4. The fourth-order valence-electron chi connectivity index (χ4n) is 2.82. The fraction of sp³-hybridized carbons (Fsp3) is 0.400. The molecule has 1 aliphatic rings. The Balaban J connectivity index is 2.11. The Bertz CT molecular complexity index is 886. The second kappa shape index (κ2) is 6.67. The summed E-state index contributed by atoms with van der Waals surface area (Å²) in [7, 11) is 1.24. The number of carbonyl (C=O) groups excluding carboxylic acids is 1. The second-order valence-corrected chi connectivity index (χ2v) is 5.61. The number of aliphatic hydroxyl groups is 2. The van der Waals surface area contributed by atoms with E-state index in [1.54, 1.807) is 10.8 Å². The van der Waals surface area contributed by atoms with Gasteiger partial charge in [-0.1, -0.05) is 0 Å². The molecule has 3 atom stereocenters. The van der Waals surface area contributed by atoms with Crippen molar-refractivity contribution >= 4 is 29.0 Å². The lowest BCUT2D eigenvalue weighted by atomic mass is 10.2. The largest absolute Gasteiger partial charge is 0.466 e. The third kappa shape index (κ3) is 3.14. The third-order valence-corrected chi connectivity index (χ3v) is 4.02. The van der Waals surface area contributed by atoms with E-state index in [0.717, 1.165) is 0 Å². The lowest BCUT2D eigenvalue weighted by Crippen LogP contribution is -2.24. The van der Waals surface area contributed by atoms with E-state index < -0.39 is 30.0 Å². The summed E-state index contributed by atoms with van der Waals surface area (Å²) in [6.07, 6.45) is 2.18. The summed E-state index contributed by atoms with van der Waals surface area (Å²) < 4.78 is 11.7. The maximum atomic E-state index is 12.3. The molecule has 0 saturated carbocycles. The molecule has 0 radical (unpaired) electrons. The van der Waals surface area contributed by atoms with Gasteiger partial charge in [0, 0.05) is 24.3 Å². The van der Waals surface area contributed by atoms with E-state index in [4.69, 9.17) is 10.5 Å². The zero-order valence-corrected chi connectivity index (χ0v) is 13.4. The molecule has 0 aliphatic carbocycles. The van der Waals surface area contributed by atoms with E-state index in [2.05, 4.69) is 14.7 Å². The minimum absolute atomic E-state index is 0.0717. The monoisotopic (exact) mass is 350 g/mol. The predicted molar refractivity (Wildman–Crippen MR) is 87.4 cm³/mol. The number of nitrogens with two attached hydrogens (primary N) is 1. The number of carbonyl (C=O) groups is 1. The van der Waals surface area contributed by atoms with Gasteiger partial charge in [0.1, 0.15) is 12.3 Å². The lowest BCUT2D eigenvalue weighted by Gasteiger charge is -2.14.